The van der Waals surface area contributed by atoms with Gasteiger partial charge in [0, 0.05) is 6.54 Å². The molecule has 0 aromatic rings. The Morgan fingerprint density at radius 2 is 1.91 bits per heavy atom. The number of amides is 1. The molecule has 0 saturated heterocycles. The van der Waals surface area contributed by atoms with Crippen molar-refractivity contribution in [1.82, 2.24) is 5.32 Å². The lowest BCUT2D eigenvalue weighted by molar-refractivity contribution is -0.119. The van der Waals surface area contributed by atoms with Crippen molar-refractivity contribution in [2.45, 2.75) is 34.1 Å². The fourth-order valence-electron chi connectivity index (χ4n) is 0.651. The van der Waals surface area contributed by atoms with Gasteiger partial charge in [0.05, 0.1) is 5.92 Å². The minimum atomic E-state index is 0.0747. The molecule has 0 unspecified atom stereocenters. The van der Waals surface area contributed by atoms with E-state index in [1.54, 1.807) is 0 Å². The molecule has 1 N–H and O–H groups in total. The molecule has 0 spiro atoms. The zero-order valence-corrected chi connectivity index (χ0v) is 7.90. The highest BCUT2D eigenvalue weighted by atomic mass is 16.1. The van der Waals surface area contributed by atoms with Crippen molar-refractivity contribution in [2.75, 3.05) is 6.54 Å². The molecule has 2 nitrogen and oxygen atoms in total. The van der Waals surface area contributed by atoms with Gasteiger partial charge in [-0.3, -0.25) is 4.79 Å². The first-order valence-corrected chi connectivity index (χ1v) is 4.12. The van der Waals surface area contributed by atoms with E-state index in [1.165, 1.54) is 0 Å². The maximum absolute atomic E-state index is 11.0. The van der Waals surface area contributed by atoms with E-state index in [1.807, 2.05) is 13.8 Å². The van der Waals surface area contributed by atoms with Crippen LogP contribution < -0.4 is 5.32 Å². The van der Waals surface area contributed by atoms with E-state index in [9.17, 15) is 4.79 Å². The summed E-state index contributed by atoms with van der Waals surface area (Å²) in [6.07, 6.45) is 1.05. The third kappa shape index (κ3) is 5.89. The molecule has 11 heavy (non-hydrogen) atoms. The first-order chi connectivity index (χ1) is 5.04. The van der Waals surface area contributed by atoms with Gasteiger partial charge in [-0.1, -0.05) is 27.7 Å². The summed E-state index contributed by atoms with van der Waals surface area (Å²) >= 11 is 0. The van der Waals surface area contributed by atoms with Crippen molar-refractivity contribution in [2.24, 2.45) is 5.92 Å². The summed E-state index contributed by atoms with van der Waals surface area (Å²) in [5.41, 5.74) is 0. The van der Waals surface area contributed by atoms with Crippen LogP contribution in [0.5, 0.6) is 0 Å². The molecular formula is C9H18NO. The molecule has 0 aromatic carbocycles. The predicted octanol–water partition coefficient (Wildman–Crippen LogP) is 1.76. The maximum Gasteiger partial charge on any atom is 0.226 e. The van der Waals surface area contributed by atoms with Gasteiger partial charge in [-0.25, -0.2) is 0 Å². The molecule has 0 fully saturated rings. The van der Waals surface area contributed by atoms with Crippen LogP contribution in [-0.2, 0) is 4.79 Å². The number of carbonyl (C=O) groups is 1. The van der Waals surface area contributed by atoms with Crippen LogP contribution in [0.15, 0.2) is 0 Å². The Kier molecular flexibility index (Phi) is 4.92. The number of rotatable bonds is 4. The van der Waals surface area contributed by atoms with Crippen LogP contribution in [-0.4, -0.2) is 12.5 Å². The molecule has 0 bridgehead atoms. The van der Waals surface area contributed by atoms with Crippen LogP contribution in [0.4, 0.5) is 0 Å². The molecule has 0 saturated carbocycles. The summed E-state index contributed by atoms with van der Waals surface area (Å²) < 4.78 is 0. The van der Waals surface area contributed by atoms with Gasteiger partial charge in [0.2, 0.25) is 5.91 Å². The Labute approximate surface area is 69.4 Å². The van der Waals surface area contributed by atoms with E-state index in [-0.39, 0.29) is 5.91 Å². The van der Waals surface area contributed by atoms with Gasteiger partial charge in [0.1, 0.15) is 0 Å². The van der Waals surface area contributed by atoms with Gasteiger partial charge in [0.25, 0.3) is 0 Å². The van der Waals surface area contributed by atoms with Gasteiger partial charge in [-0.2, -0.15) is 0 Å². The van der Waals surface area contributed by atoms with Crippen LogP contribution in [0.1, 0.15) is 34.1 Å². The SMILES string of the molecule is C[C](C)C(=O)NCCC(C)C. The lowest BCUT2D eigenvalue weighted by Crippen LogP contribution is -2.28. The van der Waals surface area contributed by atoms with Crippen LogP contribution in [0.3, 0.4) is 0 Å². The Bertz CT molecular complexity index is 119. The summed E-state index contributed by atoms with van der Waals surface area (Å²) in [5.74, 6) is 1.56. The summed E-state index contributed by atoms with van der Waals surface area (Å²) in [7, 11) is 0. The van der Waals surface area contributed by atoms with E-state index in [2.05, 4.69) is 19.2 Å². The molecule has 0 atom stereocenters. The molecule has 2 heteroatoms. The second-order valence-corrected chi connectivity index (χ2v) is 3.44. The Morgan fingerprint density at radius 3 is 2.27 bits per heavy atom. The monoisotopic (exact) mass is 156 g/mol. The smallest absolute Gasteiger partial charge is 0.226 e. The van der Waals surface area contributed by atoms with Crippen LogP contribution in [0, 0.1) is 11.8 Å². The molecule has 0 rings (SSSR count). The summed E-state index contributed by atoms with van der Waals surface area (Å²) in [4.78, 5) is 11.0. The molecule has 65 valence electrons. The predicted molar refractivity (Wildman–Crippen MR) is 47.1 cm³/mol. The quantitative estimate of drug-likeness (QED) is 0.660. The minimum absolute atomic E-state index is 0.0747. The summed E-state index contributed by atoms with van der Waals surface area (Å²) in [6.45, 7) is 8.74. The van der Waals surface area contributed by atoms with Crippen LogP contribution in [0.2, 0.25) is 0 Å². The van der Waals surface area contributed by atoms with Gasteiger partial charge in [0.15, 0.2) is 0 Å². The van der Waals surface area contributed by atoms with Crippen LogP contribution in [0.25, 0.3) is 0 Å². The summed E-state index contributed by atoms with van der Waals surface area (Å²) in [5, 5.41) is 2.84. The highest BCUT2D eigenvalue weighted by Gasteiger charge is 2.05. The van der Waals surface area contributed by atoms with Crippen molar-refractivity contribution >= 4 is 5.91 Å². The molecule has 0 aromatic heterocycles. The first-order valence-electron chi connectivity index (χ1n) is 4.12. The largest absolute Gasteiger partial charge is 0.356 e. The summed E-state index contributed by atoms with van der Waals surface area (Å²) in [6, 6.07) is 0. The maximum atomic E-state index is 11.0. The fraction of sp³-hybridized carbons (Fsp3) is 0.778. The second kappa shape index (κ2) is 5.16. The number of hydrogen-bond acceptors (Lipinski definition) is 1. The Balaban J connectivity index is 3.32. The fourth-order valence-corrected chi connectivity index (χ4v) is 0.651. The van der Waals surface area contributed by atoms with Gasteiger partial charge >= 0.3 is 0 Å². The first kappa shape index (κ1) is 10.5. The molecular weight excluding hydrogens is 138 g/mol. The normalized spacial score (nSPS) is 10.7. The highest BCUT2D eigenvalue weighted by Crippen LogP contribution is 1.98. The number of carbonyl (C=O) groups excluding carboxylic acids is 1. The molecule has 1 radical (unpaired) electrons. The second-order valence-electron chi connectivity index (χ2n) is 3.44. The lowest BCUT2D eigenvalue weighted by atomic mass is 10.1. The zero-order valence-electron chi connectivity index (χ0n) is 7.90. The number of hydrogen-bond donors (Lipinski definition) is 1. The molecule has 0 aliphatic rings. The van der Waals surface area contributed by atoms with Crippen molar-refractivity contribution in [3.8, 4) is 0 Å². The van der Waals surface area contributed by atoms with Crippen molar-refractivity contribution in [3.05, 3.63) is 5.92 Å². The highest BCUT2D eigenvalue weighted by molar-refractivity contribution is 5.88. The zero-order chi connectivity index (χ0) is 8.85. The van der Waals surface area contributed by atoms with Gasteiger partial charge in [-0.15, -0.1) is 0 Å². The Morgan fingerprint density at radius 1 is 1.36 bits per heavy atom. The van der Waals surface area contributed by atoms with E-state index in [0.29, 0.717) is 5.92 Å². The van der Waals surface area contributed by atoms with E-state index in [0.717, 1.165) is 18.9 Å². The molecule has 0 aliphatic heterocycles. The van der Waals surface area contributed by atoms with Crippen LogP contribution >= 0.6 is 0 Å². The lowest BCUT2D eigenvalue weighted by Gasteiger charge is -2.08. The van der Waals surface area contributed by atoms with Crippen molar-refractivity contribution in [3.63, 3.8) is 0 Å². The average Bonchev–Trinajstić information content (AvgIpc) is 1.86. The van der Waals surface area contributed by atoms with E-state index >= 15 is 0 Å². The topological polar surface area (TPSA) is 29.1 Å². The minimum Gasteiger partial charge on any atom is -0.356 e. The molecule has 0 aliphatic carbocycles. The van der Waals surface area contributed by atoms with E-state index < -0.39 is 0 Å². The van der Waals surface area contributed by atoms with E-state index in [4.69, 9.17) is 0 Å². The number of nitrogens with one attached hydrogen (secondary N) is 1. The third-order valence-electron chi connectivity index (χ3n) is 1.46. The van der Waals surface area contributed by atoms with Crippen molar-refractivity contribution in [1.29, 1.82) is 0 Å². The van der Waals surface area contributed by atoms with Gasteiger partial charge < -0.3 is 5.32 Å². The standard InChI is InChI=1S/C9H18NO/c1-7(2)5-6-10-9(11)8(3)4/h7H,5-6H2,1-4H3,(H,10,11). The molecule has 0 heterocycles. The third-order valence-corrected chi connectivity index (χ3v) is 1.46. The van der Waals surface area contributed by atoms with Crippen molar-refractivity contribution < 1.29 is 4.79 Å². The average molecular weight is 156 g/mol. The Hall–Kier alpha value is -0.530. The molecule has 1 amide bonds. The van der Waals surface area contributed by atoms with Gasteiger partial charge in [-0.05, 0) is 12.3 Å².